The summed E-state index contributed by atoms with van der Waals surface area (Å²) in [6, 6.07) is 0.397. The van der Waals surface area contributed by atoms with E-state index in [1.165, 1.54) is 0 Å². The fourth-order valence-electron chi connectivity index (χ4n) is 2.25. The van der Waals surface area contributed by atoms with Gasteiger partial charge in [0.05, 0.1) is 12.2 Å². The van der Waals surface area contributed by atoms with E-state index in [2.05, 4.69) is 11.9 Å². The first-order chi connectivity index (χ1) is 6.79. The fourth-order valence-corrected chi connectivity index (χ4v) is 2.25. The first-order valence-corrected chi connectivity index (χ1v) is 5.31. The summed E-state index contributed by atoms with van der Waals surface area (Å²) in [7, 11) is 0. The van der Waals surface area contributed by atoms with E-state index in [9.17, 15) is 4.79 Å². The van der Waals surface area contributed by atoms with Gasteiger partial charge in [-0.3, -0.25) is 4.79 Å². The lowest BCUT2D eigenvalue weighted by molar-refractivity contribution is -0.132. The number of morpholine rings is 1. The molecule has 2 aliphatic rings. The minimum Gasteiger partial charge on any atom is -0.371 e. The molecule has 3 heteroatoms. The van der Waals surface area contributed by atoms with Crippen LogP contribution in [0, 0.1) is 0 Å². The predicted octanol–water partition coefficient (Wildman–Crippen LogP) is 1.04. The molecule has 0 radical (unpaired) electrons. The maximum Gasteiger partial charge on any atom is 0.135 e. The van der Waals surface area contributed by atoms with Crippen LogP contribution in [-0.4, -0.2) is 30.6 Å². The van der Waals surface area contributed by atoms with Gasteiger partial charge in [0.2, 0.25) is 0 Å². The van der Waals surface area contributed by atoms with E-state index in [1.54, 1.807) is 0 Å². The lowest BCUT2D eigenvalue weighted by Gasteiger charge is -2.39. The Hall–Kier alpha value is -0.670. The third kappa shape index (κ3) is 2.04. The summed E-state index contributed by atoms with van der Waals surface area (Å²) in [5.74, 6) is 0.340. The molecule has 1 aliphatic carbocycles. The molecule has 1 N–H and O–H groups in total. The van der Waals surface area contributed by atoms with Gasteiger partial charge in [-0.2, -0.15) is 0 Å². The first kappa shape index (κ1) is 9.87. The second kappa shape index (κ2) is 4.24. The van der Waals surface area contributed by atoms with E-state index in [1.807, 2.05) is 6.08 Å². The van der Waals surface area contributed by atoms with Crippen LogP contribution in [0.4, 0.5) is 0 Å². The highest BCUT2D eigenvalue weighted by Crippen LogP contribution is 2.24. The van der Waals surface area contributed by atoms with Crippen LogP contribution in [0.1, 0.15) is 25.7 Å². The molecule has 1 heterocycles. The Morgan fingerprint density at radius 2 is 2.50 bits per heavy atom. The molecular formula is C11H17NO2. The summed E-state index contributed by atoms with van der Waals surface area (Å²) in [5, 5.41) is 3.45. The zero-order valence-electron chi connectivity index (χ0n) is 8.37. The highest BCUT2D eigenvalue weighted by atomic mass is 16.5. The first-order valence-electron chi connectivity index (χ1n) is 5.31. The number of hydrogen-bond donors (Lipinski definition) is 1. The number of carbonyl (C=O) groups is 1. The van der Waals surface area contributed by atoms with E-state index in [4.69, 9.17) is 4.74 Å². The van der Waals surface area contributed by atoms with Crippen LogP contribution in [0.3, 0.4) is 0 Å². The van der Waals surface area contributed by atoms with Crippen molar-refractivity contribution >= 4 is 5.78 Å². The van der Waals surface area contributed by atoms with Gasteiger partial charge >= 0.3 is 0 Å². The molecule has 78 valence electrons. The molecule has 2 rings (SSSR count). The Morgan fingerprint density at radius 1 is 1.64 bits per heavy atom. The van der Waals surface area contributed by atoms with Crippen molar-refractivity contribution in [3.63, 3.8) is 0 Å². The van der Waals surface area contributed by atoms with Crippen molar-refractivity contribution < 1.29 is 9.53 Å². The third-order valence-electron chi connectivity index (χ3n) is 3.02. The van der Waals surface area contributed by atoms with Gasteiger partial charge in [0.15, 0.2) is 0 Å². The van der Waals surface area contributed by atoms with Crippen LogP contribution in [0.15, 0.2) is 12.7 Å². The van der Waals surface area contributed by atoms with Gasteiger partial charge in [-0.05, 0) is 12.8 Å². The number of Topliss-reactive ketones (excluding diaryl/α,β-unsaturated/α-hetero) is 1. The third-order valence-corrected chi connectivity index (χ3v) is 3.02. The molecule has 0 aromatic heterocycles. The minimum atomic E-state index is 0.106. The molecule has 3 unspecified atom stereocenters. The summed E-state index contributed by atoms with van der Waals surface area (Å²) in [5.41, 5.74) is 0. The van der Waals surface area contributed by atoms with E-state index in [-0.39, 0.29) is 12.2 Å². The van der Waals surface area contributed by atoms with E-state index >= 15 is 0 Å². The lowest BCUT2D eigenvalue weighted by Crippen LogP contribution is -2.54. The van der Waals surface area contributed by atoms with E-state index in [0.29, 0.717) is 24.7 Å². The smallest absolute Gasteiger partial charge is 0.135 e. The maximum atomic E-state index is 11.3. The Labute approximate surface area is 84.5 Å². The van der Waals surface area contributed by atoms with Crippen molar-refractivity contribution in [2.45, 2.75) is 43.9 Å². The Kier molecular flexibility index (Phi) is 2.99. The number of carbonyl (C=O) groups excluding carboxylic acids is 1. The normalized spacial score (nSPS) is 37.7. The molecule has 0 bridgehead atoms. The van der Waals surface area contributed by atoms with Crippen molar-refractivity contribution in [3.05, 3.63) is 12.7 Å². The topological polar surface area (TPSA) is 38.3 Å². The van der Waals surface area contributed by atoms with Crippen LogP contribution in [0.5, 0.6) is 0 Å². The Morgan fingerprint density at radius 3 is 3.29 bits per heavy atom. The Bertz CT molecular complexity index is 239. The summed E-state index contributed by atoms with van der Waals surface area (Å²) >= 11 is 0. The highest BCUT2D eigenvalue weighted by molar-refractivity contribution is 5.80. The van der Waals surface area contributed by atoms with Gasteiger partial charge in [0, 0.05) is 25.4 Å². The number of ketones is 1. The maximum absolute atomic E-state index is 11.3. The average Bonchev–Trinajstić information content (AvgIpc) is 2.17. The minimum absolute atomic E-state index is 0.106. The van der Waals surface area contributed by atoms with E-state index < -0.39 is 0 Å². The predicted molar refractivity (Wildman–Crippen MR) is 54.1 cm³/mol. The number of rotatable bonds is 2. The molecule has 1 aliphatic heterocycles. The van der Waals surface area contributed by atoms with Crippen molar-refractivity contribution in [1.82, 2.24) is 5.32 Å². The zero-order valence-corrected chi connectivity index (χ0v) is 8.37. The molecule has 0 spiro atoms. The SMILES string of the molecule is C=CCC1CNC2CCC(=O)CC2O1. The molecule has 2 fully saturated rings. The Balaban J connectivity index is 1.92. The zero-order chi connectivity index (χ0) is 9.97. The second-order valence-corrected chi connectivity index (χ2v) is 4.12. The standard InChI is InChI=1S/C11H17NO2/c1-2-3-9-7-12-10-5-4-8(13)6-11(10)14-9/h2,9-12H,1,3-7H2. The van der Waals surface area contributed by atoms with Crippen LogP contribution in [0.2, 0.25) is 0 Å². The van der Waals surface area contributed by atoms with Crippen LogP contribution in [0.25, 0.3) is 0 Å². The van der Waals surface area contributed by atoms with Gasteiger partial charge in [-0.25, -0.2) is 0 Å². The number of fused-ring (bicyclic) bond motifs is 1. The lowest BCUT2D eigenvalue weighted by atomic mass is 9.90. The number of nitrogens with one attached hydrogen (secondary N) is 1. The summed E-state index contributed by atoms with van der Waals surface area (Å²) in [6.45, 7) is 4.59. The van der Waals surface area contributed by atoms with Gasteiger partial charge < -0.3 is 10.1 Å². The van der Waals surface area contributed by atoms with Crippen molar-refractivity contribution in [2.24, 2.45) is 0 Å². The molecule has 1 saturated heterocycles. The molecule has 1 saturated carbocycles. The second-order valence-electron chi connectivity index (χ2n) is 4.12. The molecule has 0 amide bonds. The van der Waals surface area contributed by atoms with Crippen LogP contribution < -0.4 is 5.32 Å². The summed E-state index contributed by atoms with van der Waals surface area (Å²) in [4.78, 5) is 11.3. The van der Waals surface area contributed by atoms with Gasteiger partial charge in [0.25, 0.3) is 0 Å². The van der Waals surface area contributed by atoms with E-state index in [0.717, 1.165) is 19.4 Å². The number of hydrogen-bond acceptors (Lipinski definition) is 3. The quantitative estimate of drug-likeness (QED) is 0.669. The van der Waals surface area contributed by atoms with Crippen molar-refractivity contribution in [3.8, 4) is 0 Å². The fraction of sp³-hybridized carbons (Fsp3) is 0.727. The molecule has 3 nitrogen and oxygen atoms in total. The average molecular weight is 195 g/mol. The molecular weight excluding hydrogens is 178 g/mol. The van der Waals surface area contributed by atoms with Gasteiger partial charge in [-0.1, -0.05) is 6.08 Å². The molecule has 0 aromatic rings. The van der Waals surface area contributed by atoms with Crippen molar-refractivity contribution in [2.75, 3.05) is 6.54 Å². The number of ether oxygens (including phenoxy) is 1. The van der Waals surface area contributed by atoms with Crippen LogP contribution >= 0.6 is 0 Å². The van der Waals surface area contributed by atoms with Crippen molar-refractivity contribution in [1.29, 1.82) is 0 Å². The summed E-state index contributed by atoms with van der Waals surface area (Å²) < 4.78 is 5.85. The largest absolute Gasteiger partial charge is 0.371 e. The molecule has 14 heavy (non-hydrogen) atoms. The highest BCUT2D eigenvalue weighted by Gasteiger charge is 2.34. The molecule has 0 aromatic carbocycles. The van der Waals surface area contributed by atoms with Gasteiger partial charge in [-0.15, -0.1) is 6.58 Å². The molecule has 3 atom stereocenters. The van der Waals surface area contributed by atoms with Crippen LogP contribution in [-0.2, 0) is 9.53 Å². The monoisotopic (exact) mass is 195 g/mol. The van der Waals surface area contributed by atoms with Gasteiger partial charge in [0.1, 0.15) is 5.78 Å². The summed E-state index contributed by atoms with van der Waals surface area (Å²) in [6.07, 6.45) is 5.29.